The summed E-state index contributed by atoms with van der Waals surface area (Å²) >= 11 is 0. The van der Waals surface area contributed by atoms with Crippen molar-refractivity contribution in [2.45, 2.75) is 19.9 Å². The van der Waals surface area contributed by atoms with E-state index in [2.05, 4.69) is 5.16 Å². The Morgan fingerprint density at radius 2 is 2.25 bits per heavy atom. The number of carbonyl (C=O) groups is 1. The molecular formula is C14H21N3O3. The number of amidine groups is 1. The van der Waals surface area contributed by atoms with E-state index in [0.717, 1.165) is 5.56 Å². The van der Waals surface area contributed by atoms with E-state index in [-0.39, 0.29) is 11.7 Å². The molecule has 0 heterocycles. The second-order valence-corrected chi connectivity index (χ2v) is 4.38. The third-order valence-electron chi connectivity index (χ3n) is 2.84. The van der Waals surface area contributed by atoms with Gasteiger partial charge in [0, 0.05) is 25.8 Å². The van der Waals surface area contributed by atoms with Crippen LogP contribution in [0.4, 0.5) is 0 Å². The molecule has 0 fully saturated rings. The van der Waals surface area contributed by atoms with Crippen LogP contribution in [0.15, 0.2) is 29.4 Å². The van der Waals surface area contributed by atoms with Gasteiger partial charge in [-0.15, -0.1) is 0 Å². The first-order valence-electron chi connectivity index (χ1n) is 6.47. The third kappa shape index (κ3) is 4.89. The highest BCUT2D eigenvalue weighted by Gasteiger charge is 2.09. The normalized spacial score (nSPS) is 11.4. The van der Waals surface area contributed by atoms with Crippen LogP contribution in [0.3, 0.4) is 0 Å². The fourth-order valence-electron chi connectivity index (χ4n) is 1.74. The molecule has 1 aromatic carbocycles. The van der Waals surface area contributed by atoms with Gasteiger partial charge in [0.05, 0.1) is 13.0 Å². The van der Waals surface area contributed by atoms with Crippen LogP contribution < -0.4 is 5.73 Å². The summed E-state index contributed by atoms with van der Waals surface area (Å²) in [5, 5.41) is 11.6. The monoisotopic (exact) mass is 279 g/mol. The van der Waals surface area contributed by atoms with Gasteiger partial charge in [0.25, 0.3) is 0 Å². The number of nitrogens with zero attached hydrogens (tertiary/aromatic N) is 2. The Labute approximate surface area is 118 Å². The lowest BCUT2D eigenvalue weighted by Crippen LogP contribution is -2.27. The van der Waals surface area contributed by atoms with Crippen molar-refractivity contribution in [3.63, 3.8) is 0 Å². The van der Waals surface area contributed by atoms with Crippen molar-refractivity contribution in [1.82, 2.24) is 4.90 Å². The molecular weight excluding hydrogens is 258 g/mol. The van der Waals surface area contributed by atoms with Gasteiger partial charge >= 0.3 is 0 Å². The van der Waals surface area contributed by atoms with Crippen molar-refractivity contribution in [2.75, 3.05) is 20.3 Å². The summed E-state index contributed by atoms with van der Waals surface area (Å²) in [5.74, 6) is 0.0739. The second-order valence-electron chi connectivity index (χ2n) is 4.38. The van der Waals surface area contributed by atoms with Gasteiger partial charge in [-0.25, -0.2) is 0 Å². The Morgan fingerprint density at radius 3 is 2.90 bits per heavy atom. The highest BCUT2D eigenvalue weighted by atomic mass is 16.5. The van der Waals surface area contributed by atoms with Crippen molar-refractivity contribution in [1.29, 1.82) is 0 Å². The van der Waals surface area contributed by atoms with Gasteiger partial charge < -0.3 is 20.6 Å². The van der Waals surface area contributed by atoms with Crippen LogP contribution in [0.5, 0.6) is 0 Å². The number of rotatable bonds is 7. The molecule has 6 heteroatoms. The summed E-state index contributed by atoms with van der Waals surface area (Å²) in [4.78, 5) is 13.5. The minimum atomic E-state index is 0.0210. The Bertz CT molecular complexity index is 474. The van der Waals surface area contributed by atoms with Crippen molar-refractivity contribution in [2.24, 2.45) is 10.9 Å². The average molecular weight is 279 g/mol. The van der Waals surface area contributed by atoms with Gasteiger partial charge in [-0.05, 0) is 18.6 Å². The number of carbonyl (C=O) groups excluding carboxylic acids is 1. The molecule has 6 nitrogen and oxygen atoms in total. The Hall–Kier alpha value is -2.08. The molecule has 0 saturated heterocycles. The van der Waals surface area contributed by atoms with Gasteiger partial charge in [0.2, 0.25) is 5.91 Å². The summed E-state index contributed by atoms with van der Waals surface area (Å²) in [6.07, 6.45) is 0.365. The summed E-state index contributed by atoms with van der Waals surface area (Å²) in [6.45, 7) is 3.41. The number of nitrogens with two attached hydrogens (primary N) is 1. The SMILES string of the molecule is CCOCCC(=O)N(C)Cc1cccc(C(N)=NO)c1. The van der Waals surface area contributed by atoms with Gasteiger partial charge in [0.1, 0.15) is 0 Å². The second kappa shape index (κ2) is 8.16. The molecule has 0 aliphatic rings. The van der Waals surface area contributed by atoms with Crippen molar-refractivity contribution >= 4 is 11.7 Å². The minimum absolute atomic E-state index is 0.0210. The number of oxime groups is 1. The number of hydrogen-bond acceptors (Lipinski definition) is 4. The highest BCUT2D eigenvalue weighted by Crippen LogP contribution is 2.08. The van der Waals surface area contributed by atoms with Crippen LogP contribution in [-0.2, 0) is 16.1 Å². The first kappa shape index (κ1) is 16.0. The predicted molar refractivity (Wildman–Crippen MR) is 76.5 cm³/mol. The minimum Gasteiger partial charge on any atom is -0.409 e. The third-order valence-corrected chi connectivity index (χ3v) is 2.84. The number of benzene rings is 1. The Balaban J connectivity index is 2.61. The van der Waals surface area contributed by atoms with Crippen molar-refractivity contribution in [3.05, 3.63) is 35.4 Å². The lowest BCUT2D eigenvalue weighted by atomic mass is 10.1. The first-order chi connectivity index (χ1) is 9.58. The molecule has 0 spiro atoms. The fourth-order valence-corrected chi connectivity index (χ4v) is 1.74. The standard InChI is InChI=1S/C14H21N3O3/c1-3-20-8-7-13(18)17(2)10-11-5-4-6-12(9-11)14(15)16-19/h4-6,9,19H,3,7-8,10H2,1-2H3,(H2,15,16). The van der Waals surface area contributed by atoms with E-state index in [1.54, 1.807) is 30.1 Å². The van der Waals surface area contributed by atoms with E-state index in [1.165, 1.54) is 0 Å². The topological polar surface area (TPSA) is 88.2 Å². The van der Waals surface area contributed by atoms with Crippen LogP contribution >= 0.6 is 0 Å². The van der Waals surface area contributed by atoms with E-state index in [0.29, 0.717) is 31.7 Å². The average Bonchev–Trinajstić information content (AvgIpc) is 2.46. The van der Waals surface area contributed by atoms with E-state index in [9.17, 15) is 4.79 Å². The fraction of sp³-hybridized carbons (Fsp3) is 0.429. The lowest BCUT2D eigenvalue weighted by Gasteiger charge is -2.17. The quantitative estimate of drug-likeness (QED) is 0.258. The van der Waals surface area contributed by atoms with Crippen LogP contribution in [0, 0.1) is 0 Å². The molecule has 0 bridgehead atoms. The zero-order valence-electron chi connectivity index (χ0n) is 11.9. The van der Waals surface area contributed by atoms with Crippen molar-refractivity contribution < 1.29 is 14.7 Å². The molecule has 1 amide bonds. The molecule has 0 aliphatic carbocycles. The maximum atomic E-state index is 11.9. The molecule has 0 radical (unpaired) electrons. The molecule has 0 unspecified atom stereocenters. The Morgan fingerprint density at radius 1 is 1.50 bits per heavy atom. The number of ether oxygens (including phenoxy) is 1. The summed E-state index contributed by atoms with van der Waals surface area (Å²) < 4.78 is 5.16. The smallest absolute Gasteiger partial charge is 0.224 e. The zero-order valence-corrected chi connectivity index (χ0v) is 11.9. The van der Waals surface area contributed by atoms with Gasteiger partial charge in [-0.1, -0.05) is 23.4 Å². The molecule has 20 heavy (non-hydrogen) atoms. The molecule has 110 valence electrons. The Kier molecular flexibility index (Phi) is 6.52. The summed E-state index contributed by atoms with van der Waals surface area (Å²) in [5.41, 5.74) is 7.08. The van der Waals surface area contributed by atoms with Crippen LogP contribution in [0.2, 0.25) is 0 Å². The number of hydrogen-bond donors (Lipinski definition) is 2. The van der Waals surface area contributed by atoms with Crippen LogP contribution in [0.25, 0.3) is 0 Å². The van der Waals surface area contributed by atoms with Crippen LogP contribution in [0.1, 0.15) is 24.5 Å². The number of amides is 1. The zero-order chi connectivity index (χ0) is 15.0. The summed E-state index contributed by atoms with van der Waals surface area (Å²) in [7, 11) is 1.74. The van der Waals surface area contributed by atoms with Gasteiger partial charge in [-0.2, -0.15) is 0 Å². The van der Waals surface area contributed by atoms with Gasteiger partial charge in [0.15, 0.2) is 5.84 Å². The van der Waals surface area contributed by atoms with E-state index >= 15 is 0 Å². The molecule has 1 rings (SSSR count). The van der Waals surface area contributed by atoms with E-state index < -0.39 is 0 Å². The molecule has 3 N–H and O–H groups in total. The molecule has 0 aliphatic heterocycles. The first-order valence-corrected chi connectivity index (χ1v) is 6.47. The summed E-state index contributed by atoms with van der Waals surface area (Å²) in [6, 6.07) is 7.23. The van der Waals surface area contributed by atoms with Gasteiger partial charge in [-0.3, -0.25) is 4.79 Å². The maximum Gasteiger partial charge on any atom is 0.224 e. The van der Waals surface area contributed by atoms with E-state index in [1.807, 2.05) is 13.0 Å². The van der Waals surface area contributed by atoms with Crippen molar-refractivity contribution in [3.8, 4) is 0 Å². The highest BCUT2D eigenvalue weighted by molar-refractivity contribution is 5.97. The lowest BCUT2D eigenvalue weighted by molar-refractivity contribution is -0.131. The molecule has 0 aromatic heterocycles. The molecule has 1 aromatic rings. The van der Waals surface area contributed by atoms with Crippen LogP contribution in [-0.4, -0.2) is 42.1 Å². The maximum absolute atomic E-state index is 11.9. The molecule has 0 saturated carbocycles. The van der Waals surface area contributed by atoms with E-state index in [4.69, 9.17) is 15.7 Å². The largest absolute Gasteiger partial charge is 0.409 e. The molecule has 0 atom stereocenters. The predicted octanol–water partition coefficient (Wildman–Crippen LogP) is 1.17.